The summed E-state index contributed by atoms with van der Waals surface area (Å²) in [5.41, 5.74) is 1.85. The average Bonchev–Trinajstić information content (AvgIpc) is 3.03. The van der Waals surface area contributed by atoms with Crippen LogP contribution in [0.15, 0.2) is 49.2 Å². The summed E-state index contributed by atoms with van der Waals surface area (Å²) in [6, 6.07) is 8.87. The Kier molecular flexibility index (Phi) is 3.70. The van der Waals surface area contributed by atoms with Gasteiger partial charge in [0.25, 0.3) is 0 Å². The van der Waals surface area contributed by atoms with Gasteiger partial charge in [0.2, 0.25) is 0 Å². The predicted molar refractivity (Wildman–Crippen MR) is 79.6 cm³/mol. The zero-order chi connectivity index (χ0) is 14.7. The maximum absolute atomic E-state index is 9.37. The second-order valence-corrected chi connectivity index (χ2v) is 4.79. The molecule has 0 aliphatic heterocycles. The zero-order valence-electron chi connectivity index (χ0n) is 10.9. The number of nitrogens with one attached hydrogen (secondary N) is 1. The molecule has 3 rings (SSSR count). The molecule has 0 unspecified atom stereocenters. The summed E-state index contributed by atoms with van der Waals surface area (Å²) in [6.07, 6.45) is 4.77. The van der Waals surface area contributed by atoms with E-state index >= 15 is 0 Å². The highest BCUT2D eigenvalue weighted by Gasteiger charge is 2.01. The monoisotopic (exact) mass is 301 g/mol. The van der Waals surface area contributed by atoms with E-state index in [9.17, 15) is 5.11 Å². The van der Waals surface area contributed by atoms with E-state index in [2.05, 4.69) is 20.4 Å². The highest BCUT2D eigenvalue weighted by molar-refractivity contribution is 6.32. The number of hydrogen-bond acceptors (Lipinski definition) is 5. The number of phenols is 1. The first-order valence-electron chi connectivity index (χ1n) is 6.25. The minimum atomic E-state index is 0.0827. The van der Waals surface area contributed by atoms with Gasteiger partial charge in [0, 0.05) is 6.54 Å². The number of rotatable bonds is 4. The van der Waals surface area contributed by atoms with Crippen LogP contribution >= 0.6 is 11.6 Å². The Morgan fingerprint density at radius 2 is 2.14 bits per heavy atom. The SMILES string of the molecule is Oc1ccc(CNc2ccc(-n3cncn3)nc2)cc1Cl. The number of halogens is 1. The van der Waals surface area contributed by atoms with Crippen molar-refractivity contribution in [2.75, 3.05) is 5.32 Å². The second-order valence-electron chi connectivity index (χ2n) is 4.38. The number of phenolic OH excluding ortho intramolecular Hbond substituents is 1. The molecule has 0 saturated carbocycles. The van der Waals surface area contributed by atoms with Gasteiger partial charge >= 0.3 is 0 Å². The smallest absolute Gasteiger partial charge is 0.155 e. The maximum atomic E-state index is 9.37. The predicted octanol–water partition coefficient (Wildman–Crippen LogP) is 2.63. The summed E-state index contributed by atoms with van der Waals surface area (Å²) in [7, 11) is 0. The number of hydrogen-bond donors (Lipinski definition) is 2. The van der Waals surface area contributed by atoms with Crippen molar-refractivity contribution < 1.29 is 5.11 Å². The molecule has 1 aromatic carbocycles. The van der Waals surface area contributed by atoms with E-state index in [1.165, 1.54) is 6.33 Å². The normalized spacial score (nSPS) is 10.5. The molecule has 6 nitrogen and oxygen atoms in total. The van der Waals surface area contributed by atoms with Crippen LogP contribution in [0.4, 0.5) is 5.69 Å². The molecule has 2 heterocycles. The molecule has 0 radical (unpaired) electrons. The molecule has 0 bridgehead atoms. The molecular formula is C14H12ClN5O. The van der Waals surface area contributed by atoms with Crippen molar-refractivity contribution in [1.29, 1.82) is 0 Å². The lowest BCUT2D eigenvalue weighted by Gasteiger charge is -2.08. The van der Waals surface area contributed by atoms with Crippen LogP contribution < -0.4 is 5.32 Å². The fourth-order valence-electron chi connectivity index (χ4n) is 1.82. The van der Waals surface area contributed by atoms with Crippen molar-refractivity contribution in [2.24, 2.45) is 0 Å². The molecule has 21 heavy (non-hydrogen) atoms. The van der Waals surface area contributed by atoms with Gasteiger partial charge in [-0.1, -0.05) is 17.7 Å². The summed E-state index contributed by atoms with van der Waals surface area (Å²) in [4.78, 5) is 8.17. The van der Waals surface area contributed by atoms with Crippen molar-refractivity contribution in [3.05, 3.63) is 59.8 Å². The van der Waals surface area contributed by atoms with Gasteiger partial charge in [-0.05, 0) is 29.8 Å². The Labute approximate surface area is 126 Å². The molecule has 0 saturated heterocycles. The van der Waals surface area contributed by atoms with E-state index in [-0.39, 0.29) is 5.75 Å². The van der Waals surface area contributed by atoms with E-state index in [0.29, 0.717) is 17.4 Å². The van der Waals surface area contributed by atoms with Gasteiger partial charge in [-0.3, -0.25) is 0 Å². The zero-order valence-corrected chi connectivity index (χ0v) is 11.7. The van der Waals surface area contributed by atoms with Gasteiger partial charge in [-0.15, -0.1) is 0 Å². The van der Waals surface area contributed by atoms with Crippen molar-refractivity contribution in [1.82, 2.24) is 19.7 Å². The van der Waals surface area contributed by atoms with Gasteiger partial charge < -0.3 is 10.4 Å². The van der Waals surface area contributed by atoms with E-state index in [1.54, 1.807) is 29.3 Å². The lowest BCUT2D eigenvalue weighted by Crippen LogP contribution is -2.02. The molecule has 2 N–H and O–H groups in total. The Morgan fingerprint density at radius 1 is 1.24 bits per heavy atom. The number of anilines is 1. The third kappa shape index (κ3) is 3.11. The second kappa shape index (κ2) is 5.80. The molecule has 0 spiro atoms. The summed E-state index contributed by atoms with van der Waals surface area (Å²) >= 11 is 5.87. The number of nitrogens with zero attached hydrogens (tertiary/aromatic N) is 4. The summed E-state index contributed by atoms with van der Waals surface area (Å²) in [6.45, 7) is 0.588. The first-order chi connectivity index (χ1) is 10.2. The number of pyridine rings is 1. The molecule has 106 valence electrons. The van der Waals surface area contributed by atoms with Gasteiger partial charge in [0.05, 0.1) is 16.9 Å². The number of benzene rings is 1. The molecule has 0 aliphatic carbocycles. The van der Waals surface area contributed by atoms with Crippen LogP contribution in [0.3, 0.4) is 0 Å². The number of aromatic nitrogens is 4. The lowest BCUT2D eigenvalue weighted by molar-refractivity contribution is 0.475. The van der Waals surface area contributed by atoms with E-state index in [1.807, 2.05) is 18.2 Å². The summed E-state index contributed by atoms with van der Waals surface area (Å²) in [5.74, 6) is 0.782. The van der Waals surface area contributed by atoms with Crippen LogP contribution in [0.5, 0.6) is 5.75 Å². The van der Waals surface area contributed by atoms with Crippen molar-refractivity contribution in [3.8, 4) is 11.6 Å². The van der Waals surface area contributed by atoms with E-state index in [4.69, 9.17) is 11.6 Å². The Balaban J connectivity index is 1.66. The van der Waals surface area contributed by atoms with Gasteiger partial charge in [-0.25, -0.2) is 14.6 Å². The minimum Gasteiger partial charge on any atom is -0.506 e. The third-order valence-corrected chi connectivity index (χ3v) is 3.21. The van der Waals surface area contributed by atoms with Gasteiger partial charge in [0.1, 0.15) is 18.4 Å². The molecule has 0 amide bonds. The fourth-order valence-corrected chi connectivity index (χ4v) is 2.02. The van der Waals surface area contributed by atoms with E-state index < -0.39 is 0 Å². The lowest BCUT2D eigenvalue weighted by atomic mass is 10.2. The van der Waals surface area contributed by atoms with Crippen LogP contribution in [0.25, 0.3) is 5.82 Å². The molecule has 2 aromatic heterocycles. The van der Waals surface area contributed by atoms with Gasteiger partial charge in [-0.2, -0.15) is 5.10 Å². The van der Waals surface area contributed by atoms with Crippen LogP contribution in [0.1, 0.15) is 5.56 Å². The summed E-state index contributed by atoms with van der Waals surface area (Å²) < 4.78 is 1.59. The van der Waals surface area contributed by atoms with Crippen LogP contribution in [0.2, 0.25) is 5.02 Å². The number of aromatic hydroxyl groups is 1. The van der Waals surface area contributed by atoms with Crippen molar-refractivity contribution in [2.45, 2.75) is 6.54 Å². The Morgan fingerprint density at radius 3 is 2.81 bits per heavy atom. The van der Waals surface area contributed by atoms with Crippen LogP contribution in [-0.2, 0) is 6.54 Å². The molecular weight excluding hydrogens is 290 g/mol. The highest BCUT2D eigenvalue weighted by Crippen LogP contribution is 2.24. The average molecular weight is 302 g/mol. The molecule has 0 aliphatic rings. The molecule has 0 fully saturated rings. The van der Waals surface area contributed by atoms with E-state index in [0.717, 1.165) is 11.3 Å². The van der Waals surface area contributed by atoms with Crippen LogP contribution in [-0.4, -0.2) is 24.9 Å². The minimum absolute atomic E-state index is 0.0827. The van der Waals surface area contributed by atoms with Crippen molar-refractivity contribution >= 4 is 17.3 Å². The van der Waals surface area contributed by atoms with Crippen LogP contribution in [0, 0.1) is 0 Å². The highest BCUT2D eigenvalue weighted by atomic mass is 35.5. The summed E-state index contributed by atoms with van der Waals surface area (Å²) in [5, 5.41) is 17.0. The van der Waals surface area contributed by atoms with Crippen molar-refractivity contribution in [3.63, 3.8) is 0 Å². The van der Waals surface area contributed by atoms with Gasteiger partial charge in [0.15, 0.2) is 5.82 Å². The largest absolute Gasteiger partial charge is 0.506 e. The molecule has 0 atom stereocenters. The first-order valence-corrected chi connectivity index (χ1v) is 6.62. The third-order valence-electron chi connectivity index (χ3n) is 2.91. The first kappa shape index (κ1) is 13.4. The fraction of sp³-hybridized carbons (Fsp3) is 0.0714. The molecule has 3 aromatic rings. The maximum Gasteiger partial charge on any atom is 0.155 e. The quantitative estimate of drug-likeness (QED) is 0.775. The Bertz CT molecular complexity index is 728. The standard InChI is InChI=1S/C14H12ClN5O/c15-12-5-10(1-3-13(12)21)6-17-11-2-4-14(18-7-11)20-9-16-8-19-20/h1-5,7-9,17,21H,6H2. The Hall–Kier alpha value is -2.60. The topological polar surface area (TPSA) is 75.9 Å². The molecule has 7 heteroatoms.